The molecule has 1 N–H and O–H groups in total. The lowest BCUT2D eigenvalue weighted by Gasteiger charge is -2.13. The molecule has 0 saturated heterocycles. The van der Waals surface area contributed by atoms with E-state index in [9.17, 15) is 18.0 Å². The summed E-state index contributed by atoms with van der Waals surface area (Å²) >= 11 is 0. The number of nitrogens with zero attached hydrogens (tertiary/aromatic N) is 1. The van der Waals surface area contributed by atoms with Crippen molar-refractivity contribution in [3.63, 3.8) is 0 Å². The summed E-state index contributed by atoms with van der Waals surface area (Å²) in [7, 11) is 3.35. The third kappa shape index (κ3) is 5.21. The van der Waals surface area contributed by atoms with E-state index < -0.39 is 11.7 Å². The van der Waals surface area contributed by atoms with Gasteiger partial charge in [-0.3, -0.25) is 4.79 Å². The van der Waals surface area contributed by atoms with Gasteiger partial charge < -0.3 is 10.2 Å². The van der Waals surface area contributed by atoms with Crippen molar-refractivity contribution >= 4 is 5.91 Å². The van der Waals surface area contributed by atoms with Crippen LogP contribution in [-0.4, -0.2) is 31.4 Å². The number of halogens is 3. The number of carbonyl (C=O) groups excluding carboxylic acids is 1. The van der Waals surface area contributed by atoms with Crippen molar-refractivity contribution < 1.29 is 18.0 Å². The molecule has 0 bridgehead atoms. The topological polar surface area (TPSA) is 32.3 Å². The Morgan fingerprint density at radius 1 is 1.25 bits per heavy atom. The van der Waals surface area contributed by atoms with Gasteiger partial charge in [-0.25, -0.2) is 0 Å². The van der Waals surface area contributed by atoms with Crippen LogP contribution < -0.4 is 5.32 Å². The van der Waals surface area contributed by atoms with E-state index in [2.05, 4.69) is 5.32 Å². The van der Waals surface area contributed by atoms with Gasteiger partial charge in [-0.15, -0.1) is 0 Å². The molecule has 0 aliphatic rings. The van der Waals surface area contributed by atoms with Gasteiger partial charge in [-0.1, -0.05) is 18.2 Å². The molecule has 0 fully saturated rings. The Morgan fingerprint density at radius 3 is 2.50 bits per heavy atom. The first kappa shape index (κ1) is 16.5. The fourth-order valence-corrected chi connectivity index (χ4v) is 1.76. The minimum atomic E-state index is -4.33. The van der Waals surface area contributed by atoms with E-state index in [1.807, 2.05) is 0 Å². The SMILES string of the molecule is CN(C)C(=O)CCCNCc1ccccc1C(F)(F)F. The highest BCUT2D eigenvalue weighted by atomic mass is 19.4. The number of hydrogen-bond donors (Lipinski definition) is 1. The van der Waals surface area contributed by atoms with Crippen molar-refractivity contribution in [2.75, 3.05) is 20.6 Å². The van der Waals surface area contributed by atoms with Crippen molar-refractivity contribution in [3.8, 4) is 0 Å². The summed E-state index contributed by atoms with van der Waals surface area (Å²) in [6.45, 7) is 0.650. The molecule has 0 aromatic heterocycles. The van der Waals surface area contributed by atoms with Gasteiger partial charge in [0.25, 0.3) is 0 Å². The maximum Gasteiger partial charge on any atom is 0.416 e. The molecule has 1 aromatic carbocycles. The maximum absolute atomic E-state index is 12.7. The fraction of sp³-hybridized carbons (Fsp3) is 0.500. The first-order valence-corrected chi connectivity index (χ1v) is 6.38. The van der Waals surface area contributed by atoms with Gasteiger partial charge in [-0.2, -0.15) is 13.2 Å². The predicted molar refractivity (Wildman–Crippen MR) is 71.1 cm³/mol. The lowest BCUT2D eigenvalue weighted by Crippen LogP contribution is -2.23. The van der Waals surface area contributed by atoms with Crippen LogP contribution in [0.4, 0.5) is 13.2 Å². The van der Waals surface area contributed by atoms with Crippen LogP contribution in [0.2, 0.25) is 0 Å². The molecule has 20 heavy (non-hydrogen) atoms. The minimum Gasteiger partial charge on any atom is -0.349 e. The summed E-state index contributed by atoms with van der Waals surface area (Å²) in [5.74, 6) is 0.0162. The Hall–Kier alpha value is -1.56. The molecular formula is C14H19F3N2O. The number of rotatable bonds is 6. The fourth-order valence-electron chi connectivity index (χ4n) is 1.76. The van der Waals surface area contributed by atoms with Crippen LogP contribution in [0.3, 0.4) is 0 Å². The highest BCUT2D eigenvalue weighted by Gasteiger charge is 2.32. The van der Waals surface area contributed by atoms with Gasteiger partial charge in [0.1, 0.15) is 0 Å². The molecule has 0 radical (unpaired) electrons. The second-order valence-electron chi connectivity index (χ2n) is 4.72. The van der Waals surface area contributed by atoms with E-state index in [0.717, 1.165) is 6.07 Å². The summed E-state index contributed by atoms with van der Waals surface area (Å²) in [6, 6.07) is 5.50. The molecule has 112 valence electrons. The van der Waals surface area contributed by atoms with Crippen LogP contribution in [0.1, 0.15) is 24.0 Å². The molecule has 0 atom stereocenters. The molecule has 0 aliphatic carbocycles. The van der Waals surface area contributed by atoms with Gasteiger partial charge >= 0.3 is 6.18 Å². The molecule has 1 aromatic rings. The Labute approximate surface area is 116 Å². The van der Waals surface area contributed by atoms with Gasteiger partial charge in [0, 0.05) is 27.1 Å². The zero-order valence-electron chi connectivity index (χ0n) is 11.6. The molecular weight excluding hydrogens is 269 g/mol. The van der Waals surface area contributed by atoms with Crippen LogP contribution in [0.15, 0.2) is 24.3 Å². The molecule has 0 heterocycles. The van der Waals surface area contributed by atoms with E-state index in [1.165, 1.54) is 17.0 Å². The van der Waals surface area contributed by atoms with E-state index >= 15 is 0 Å². The summed E-state index contributed by atoms with van der Waals surface area (Å²) in [4.78, 5) is 12.8. The molecule has 0 spiro atoms. The summed E-state index contributed by atoms with van der Waals surface area (Å²) in [5.41, 5.74) is -0.393. The number of nitrogens with one attached hydrogen (secondary N) is 1. The number of benzene rings is 1. The quantitative estimate of drug-likeness (QED) is 0.816. The summed E-state index contributed by atoms with van der Waals surface area (Å²) in [5, 5.41) is 2.94. The van der Waals surface area contributed by atoms with E-state index in [1.54, 1.807) is 20.2 Å². The number of amides is 1. The Morgan fingerprint density at radius 2 is 1.90 bits per heavy atom. The Bertz CT molecular complexity index is 444. The van der Waals surface area contributed by atoms with Crippen LogP contribution in [0.25, 0.3) is 0 Å². The Kier molecular flexibility index (Phi) is 6.01. The van der Waals surface area contributed by atoms with Gasteiger partial charge in [0.2, 0.25) is 5.91 Å². The van der Waals surface area contributed by atoms with Crippen LogP contribution in [0, 0.1) is 0 Å². The maximum atomic E-state index is 12.7. The zero-order chi connectivity index (χ0) is 15.2. The largest absolute Gasteiger partial charge is 0.416 e. The van der Waals surface area contributed by atoms with Gasteiger partial charge in [0.05, 0.1) is 5.56 Å². The molecule has 3 nitrogen and oxygen atoms in total. The molecule has 0 aliphatic heterocycles. The van der Waals surface area contributed by atoms with Gasteiger partial charge in [0.15, 0.2) is 0 Å². The third-order valence-corrected chi connectivity index (χ3v) is 2.88. The Balaban J connectivity index is 2.42. The number of carbonyl (C=O) groups is 1. The normalized spacial score (nSPS) is 11.4. The average molecular weight is 288 g/mol. The van der Waals surface area contributed by atoms with E-state index in [-0.39, 0.29) is 18.0 Å². The minimum absolute atomic E-state index is 0.0162. The molecule has 6 heteroatoms. The predicted octanol–water partition coefficient (Wildman–Crippen LogP) is 2.66. The van der Waals surface area contributed by atoms with Crippen LogP contribution >= 0.6 is 0 Å². The third-order valence-electron chi connectivity index (χ3n) is 2.88. The number of hydrogen-bond acceptors (Lipinski definition) is 2. The molecule has 0 saturated carbocycles. The number of alkyl halides is 3. The lowest BCUT2D eigenvalue weighted by atomic mass is 10.1. The molecule has 0 unspecified atom stereocenters. The highest BCUT2D eigenvalue weighted by molar-refractivity contribution is 5.75. The van der Waals surface area contributed by atoms with Crippen molar-refractivity contribution in [3.05, 3.63) is 35.4 Å². The highest BCUT2D eigenvalue weighted by Crippen LogP contribution is 2.31. The second kappa shape index (κ2) is 7.28. The monoisotopic (exact) mass is 288 g/mol. The smallest absolute Gasteiger partial charge is 0.349 e. The molecule has 1 amide bonds. The first-order valence-electron chi connectivity index (χ1n) is 6.38. The average Bonchev–Trinajstić information content (AvgIpc) is 2.37. The second-order valence-corrected chi connectivity index (χ2v) is 4.72. The van der Waals surface area contributed by atoms with Crippen molar-refractivity contribution in [1.82, 2.24) is 10.2 Å². The summed E-state index contributed by atoms with van der Waals surface area (Å²) in [6.07, 6.45) is -3.34. The standard InChI is InChI=1S/C14H19F3N2O/c1-19(2)13(20)8-5-9-18-10-11-6-3-4-7-12(11)14(15,16)17/h3-4,6-7,18H,5,8-10H2,1-2H3. The van der Waals surface area contributed by atoms with Crippen molar-refractivity contribution in [1.29, 1.82) is 0 Å². The first-order chi connectivity index (χ1) is 9.32. The van der Waals surface area contributed by atoms with Crippen molar-refractivity contribution in [2.45, 2.75) is 25.6 Å². The van der Waals surface area contributed by atoms with Crippen molar-refractivity contribution in [2.24, 2.45) is 0 Å². The van der Waals surface area contributed by atoms with E-state index in [4.69, 9.17) is 0 Å². The summed E-state index contributed by atoms with van der Waals surface area (Å²) < 4.78 is 38.2. The van der Waals surface area contributed by atoms with E-state index in [0.29, 0.717) is 19.4 Å². The van der Waals surface area contributed by atoms with Crippen LogP contribution in [-0.2, 0) is 17.5 Å². The zero-order valence-corrected chi connectivity index (χ0v) is 11.6. The lowest BCUT2D eigenvalue weighted by molar-refractivity contribution is -0.138. The molecule has 1 rings (SSSR count). The van der Waals surface area contributed by atoms with Crippen LogP contribution in [0.5, 0.6) is 0 Å². The van der Waals surface area contributed by atoms with Gasteiger partial charge in [-0.05, 0) is 24.6 Å².